The van der Waals surface area contributed by atoms with Crippen molar-refractivity contribution in [3.8, 4) is 0 Å². The molecule has 0 atom stereocenters. The summed E-state index contributed by atoms with van der Waals surface area (Å²) in [6.07, 6.45) is 0.562. The van der Waals surface area contributed by atoms with E-state index in [9.17, 15) is 4.79 Å². The van der Waals surface area contributed by atoms with Gasteiger partial charge in [0.15, 0.2) is 0 Å². The molecule has 34 valence electrons. The van der Waals surface area contributed by atoms with Gasteiger partial charge in [0.2, 0.25) is 6.29 Å². The molecule has 0 aliphatic carbocycles. The molecule has 0 saturated heterocycles. The van der Waals surface area contributed by atoms with Crippen molar-refractivity contribution >= 4 is 25.0 Å². The van der Waals surface area contributed by atoms with E-state index in [0.717, 1.165) is 0 Å². The maximum absolute atomic E-state index is 9.51. The van der Waals surface area contributed by atoms with Crippen molar-refractivity contribution in [3.05, 3.63) is 0 Å². The van der Waals surface area contributed by atoms with Gasteiger partial charge in [-0.1, -0.05) is 0 Å². The minimum atomic E-state index is 0.227. The smallest absolute Gasteiger partial charge is 0.337 e. The topological polar surface area (TPSA) is 28.4 Å². The Balaban J connectivity index is 3.50. The van der Waals surface area contributed by atoms with E-state index in [1.165, 1.54) is 6.92 Å². The van der Waals surface area contributed by atoms with E-state index in [0.29, 0.717) is 6.29 Å². The lowest BCUT2D eigenvalue weighted by Crippen LogP contribution is -1.91. The van der Waals surface area contributed by atoms with Gasteiger partial charge in [0.1, 0.15) is 0 Å². The fourth-order valence-electron chi connectivity index (χ4n) is 0.0196. The van der Waals surface area contributed by atoms with E-state index >= 15 is 0 Å². The summed E-state index contributed by atoms with van der Waals surface area (Å²) < 4.78 is 4.03. The lowest BCUT2D eigenvalue weighted by Gasteiger charge is -1.67. The normalized spacial score (nSPS) is 11.2. The van der Waals surface area contributed by atoms with Crippen LogP contribution in [0.2, 0.25) is 0 Å². The van der Waals surface area contributed by atoms with Gasteiger partial charge in [0.25, 0.3) is 0 Å². The van der Waals surface area contributed by atoms with Gasteiger partial charge in [0, 0.05) is 0 Å². The number of hydrogen-bond donors (Lipinski definition) is 0. The van der Waals surface area contributed by atoms with Gasteiger partial charge in [-0.15, -0.1) is 0 Å². The molecule has 0 rings (SSSR count). The zero-order valence-electron chi connectivity index (χ0n) is 3.30. The molecule has 0 saturated carbocycles. The molecule has 0 aromatic heterocycles. The lowest BCUT2D eigenvalue weighted by atomic mass is 10.5. The molecule has 6 heavy (non-hydrogen) atoms. The molecule has 2 nitrogen and oxygen atoms in total. The van der Waals surface area contributed by atoms with Crippen molar-refractivity contribution in [2.75, 3.05) is 0 Å². The van der Waals surface area contributed by atoms with Crippen LogP contribution in [0.1, 0.15) is 6.92 Å². The van der Waals surface area contributed by atoms with Gasteiger partial charge in [-0.05, 0) is 0 Å². The van der Waals surface area contributed by atoms with Crippen LogP contribution >= 0.6 is 0 Å². The average Bonchev–Trinajstić information content (AvgIpc) is 1.65. The van der Waals surface area contributed by atoms with E-state index in [1.807, 2.05) is 0 Å². The van der Waals surface area contributed by atoms with E-state index in [1.54, 1.807) is 0 Å². The van der Waals surface area contributed by atoms with Crippen LogP contribution in [0.15, 0.2) is 0 Å². The molecule has 0 bridgehead atoms. The van der Waals surface area contributed by atoms with Crippen LogP contribution in [-0.2, 0) is 21.6 Å². The van der Waals surface area contributed by atoms with Gasteiger partial charge in [-0.3, -0.25) is 4.79 Å². The lowest BCUT2D eigenvalue weighted by molar-refractivity contribution is -0.241. The van der Waals surface area contributed by atoms with Crippen LogP contribution < -0.4 is 0 Å². The van der Waals surface area contributed by atoms with E-state index in [4.69, 9.17) is 0 Å². The Labute approximate surface area is 41.5 Å². The zero-order valence-corrected chi connectivity index (χ0v) is 4.12. The Hall–Kier alpha value is -0.440. The molecule has 0 aromatic rings. The highest BCUT2D eigenvalue weighted by atomic mass is 32.1. The van der Waals surface area contributed by atoms with Gasteiger partial charge in [0.05, 0.1) is 6.92 Å². The first kappa shape index (κ1) is 5.56. The van der Waals surface area contributed by atoms with Gasteiger partial charge < -0.3 is 3.87 Å². The zero-order chi connectivity index (χ0) is 4.99. The van der Waals surface area contributed by atoms with Gasteiger partial charge in [-0.25, -0.2) is 12.9 Å². The molecule has 0 radical (unpaired) electrons. The van der Waals surface area contributed by atoms with E-state index < -0.39 is 0 Å². The monoisotopic (exact) mass is 104 g/mol. The summed E-state index contributed by atoms with van der Waals surface area (Å²) in [7, 11) is 0. The Morgan fingerprint density at radius 1 is 2.00 bits per heavy atom. The van der Waals surface area contributed by atoms with Crippen LogP contribution in [0.5, 0.6) is 0 Å². The molecule has 0 aliphatic rings. The molecule has 0 unspecified atom stereocenters. The minimum absolute atomic E-state index is 0.227. The molecule has 0 spiro atoms. The van der Waals surface area contributed by atoms with Crippen molar-refractivity contribution in [1.82, 2.24) is 0 Å². The van der Waals surface area contributed by atoms with Crippen molar-refractivity contribution in [2.24, 2.45) is 0 Å². The second-order valence-electron chi connectivity index (χ2n) is 0.812. The number of ketones is 1. The summed E-state index contributed by atoms with van der Waals surface area (Å²) in [4.78, 5) is 9.51. The third kappa shape index (κ3) is 1.84. The molecule has 0 amide bonds. The fraction of sp³-hybridized carbons (Fsp3) is 0.333. The summed E-state index contributed by atoms with van der Waals surface area (Å²) in [5, 5.41) is 0. The highest BCUT2D eigenvalue weighted by molar-refractivity contribution is 7.50. The van der Waals surface area contributed by atoms with E-state index in [-0.39, 0.29) is 5.78 Å². The van der Waals surface area contributed by atoms with Gasteiger partial charge in [-0.2, -0.15) is 0 Å². The number of aldehydes is 1. The van der Waals surface area contributed by atoms with E-state index in [2.05, 4.69) is 16.8 Å². The number of hydrogen-bond acceptors (Lipinski definition) is 2. The van der Waals surface area contributed by atoms with Crippen molar-refractivity contribution in [3.63, 3.8) is 0 Å². The second-order valence-corrected chi connectivity index (χ2v) is 0.979. The molecular formula is C3H4O2S. The average molecular weight is 104 g/mol. The molecule has 0 heterocycles. The predicted molar refractivity (Wildman–Crippen MR) is 24.1 cm³/mol. The Bertz CT molecular complexity index is 76.9. The maximum atomic E-state index is 9.51. The molecule has 0 aromatic carbocycles. The molecule has 3 heteroatoms. The molecule has 0 N–H and O–H groups in total. The minimum Gasteiger partial charge on any atom is -0.350 e. The first-order valence-electron chi connectivity index (χ1n) is 1.40. The molecule has 0 aliphatic heterocycles. The van der Waals surface area contributed by atoms with Crippen LogP contribution in [0, 0.1) is 0 Å². The Morgan fingerprint density at radius 3 is 2.50 bits per heavy atom. The fourth-order valence-corrected chi connectivity index (χ4v) is 0.0589. The summed E-state index contributed by atoms with van der Waals surface area (Å²) in [5.74, 6) is 0.227. The first-order valence-corrected chi connectivity index (χ1v) is 1.73. The number of carbonyl (C=O) groups excluding carboxylic acids is 2. The second kappa shape index (κ2) is 2.78. The quantitative estimate of drug-likeness (QED) is 0.199. The van der Waals surface area contributed by atoms with Crippen molar-refractivity contribution < 1.29 is 8.67 Å². The molecule has 0 fully saturated rings. The third-order valence-electron chi connectivity index (χ3n) is 0.297. The van der Waals surface area contributed by atoms with Crippen LogP contribution in [0.4, 0.5) is 0 Å². The number of rotatable bonds is 1. The third-order valence-corrected chi connectivity index (χ3v) is 0.560. The Kier molecular flexibility index (Phi) is 2.58. The van der Waals surface area contributed by atoms with Crippen LogP contribution in [0.25, 0.3) is 0 Å². The SMILES string of the molecule is CC(C=O)=[O+][S-]. The largest absolute Gasteiger partial charge is 0.350 e. The summed E-state index contributed by atoms with van der Waals surface area (Å²) >= 11 is 4.01. The highest BCUT2D eigenvalue weighted by Crippen LogP contribution is 1.56. The van der Waals surface area contributed by atoms with Crippen LogP contribution in [-0.4, -0.2) is 12.1 Å². The summed E-state index contributed by atoms with van der Waals surface area (Å²) in [6.45, 7) is 1.50. The summed E-state index contributed by atoms with van der Waals surface area (Å²) in [5.41, 5.74) is 0. The Morgan fingerprint density at radius 2 is 2.50 bits per heavy atom. The predicted octanol–water partition coefficient (Wildman–Crippen LogP) is -0.228. The van der Waals surface area contributed by atoms with Crippen molar-refractivity contribution in [1.29, 1.82) is 0 Å². The van der Waals surface area contributed by atoms with Gasteiger partial charge >= 0.3 is 5.78 Å². The number of carbonyl (C=O) groups is 1. The highest BCUT2D eigenvalue weighted by Gasteiger charge is 1.88. The van der Waals surface area contributed by atoms with Crippen molar-refractivity contribution in [2.45, 2.75) is 6.92 Å². The standard InChI is InChI=1S/C3H4O2S/c1-3(2-4)5-6/h2H,1H3. The first-order chi connectivity index (χ1) is 2.81. The summed E-state index contributed by atoms with van der Waals surface area (Å²) in [6, 6.07) is 0. The molecular weight excluding hydrogens is 100 g/mol. The maximum Gasteiger partial charge on any atom is 0.337 e. The van der Waals surface area contributed by atoms with Crippen LogP contribution in [0.3, 0.4) is 0 Å².